The van der Waals surface area contributed by atoms with Gasteiger partial charge >= 0.3 is 0 Å². The maximum atomic E-state index is 6.00. The van der Waals surface area contributed by atoms with Crippen LogP contribution in [-0.2, 0) is 12.8 Å². The minimum atomic E-state index is 0.927. The molecule has 0 radical (unpaired) electrons. The van der Waals surface area contributed by atoms with E-state index in [0.29, 0.717) is 0 Å². The van der Waals surface area contributed by atoms with Gasteiger partial charge in [0.25, 0.3) is 0 Å². The number of anilines is 2. The Morgan fingerprint density at radius 3 is 3.00 bits per heavy atom. The summed E-state index contributed by atoms with van der Waals surface area (Å²) in [7, 11) is 0. The average Bonchev–Trinajstić information content (AvgIpc) is 2.82. The fraction of sp³-hybridized carbons (Fsp3) is 0.267. The van der Waals surface area contributed by atoms with Crippen molar-refractivity contribution in [1.82, 2.24) is 4.98 Å². The van der Waals surface area contributed by atoms with Crippen LogP contribution in [-0.4, -0.2) is 18.1 Å². The maximum Gasteiger partial charge on any atom is 0.0420 e. The number of fused-ring (bicyclic) bond motifs is 1. The van der Waals surface area contributed by atoms with E-state index in [-0.39, 0.29) is 0 Å². The standard InChI is InChI=1S/C15H17N3/c16-14-4-1-5-15-13(14)7-10-18(15)9-6-12-3-2-8-17-11-12/h1-5,8,11H,6-7,9-10,16H2. The Kier molecular flexibility index (Phi) is 2.89. The third kappa shape index (κ3) is 2.04. The largest absolute Gasteiger partial charge is 0.398 e. The van der Waals surface area contributed by atoms with Gasteiger partial charge in [-0.05, 0) is 36.6 Å². The summed E-state index contributed by atoms with van der Waals surface area (Å²) in [5.41, 5.74) is 10.8. The summed E-state index contributed by atoms with van der Waals surface area (Å²) in [5.74, 6) is 0. The molecule has 3 nitrogen and oxygen atoms in total. The zero-order valence-corrected chi connectivity index (χ0v) is 10.3. The fourth-order valence-corrected chi connectivity index (χ4v) is 2.57. The predicted octanol–water partition coefficient (Wildman–Crippen LogP) is 2.27. The smallest absolute Gasteiger partial charge is 0.0420 e. The number of hydrogen-bond acceptors (Lipinski definition) is 3. The SMILES string of the molecule is Nc1cccc2c1CCN2CCc1cccnc1. The molecule has 2 heterocycles. The highest BCUT2D eigenvalue weighted by atomic mass is 15.1. The molecule has 3 heteroatoms. The zero-order valence-electron chi connectivity index (χ0n) is 10.3. The summed E-state index contributed by atoms with van der Waals surface area (Å²) in [5, 5.41) is 0. The molecule has 92 valence electrons. The van der Waals surface area contributed by atoms with Crippen LogP contribution in [0.1, 0.15) is 11.1 Å². The number of rotatable bonds is 3. The first-order valence-electron chi connectivity index (χ1n) is 6.36. The molecule has 3 rings (SSSR count). The monoisotopic (exact) mass is 239 g/mol. The second-order valence-electron chi connectivity index (χ2n) is 4.69. The van der Waals surface area contributed by atoms with E-state index < -0.39 is 0 Å². The molecule has 0 unspecified atom stereocenters. The Morgan fingerprint density at radius 1 is 1.22 bits per heavy atom. The molecule has 0 fully saturated rings. The van der Waals surface area contributed by atoms with Gasteiger partial charge in [0.15, 0.2) is 0 Å². The summed E-state index contributed by atoms with van der Waals surface area (Å²) in [6.07, 6.45) is 5.85. The molecule has 0 saturated heterocycles. The van der Waals surface area contributed by atoms with Crippen LogP contribution >= 0.6 is 0 Å². The van der Waals surface area contributed by atoms with Crippen molar-refractivity contribution in [2.24, 2.45) is 0 Å². The lowest BCUT2D eigenvalue weighted by atomic mass is 10.1. The van der Waals surface area contributed by atoms with E-state index >= 15 is 0 Å². The van der Waals surface area contributed by atoms with E-state index in [1.54, 1.807) is 0 Å². The third-order valence-electron chi connectivity index (χ3n) is 3.55. The molecular formula is C15H17N3. The Hall–Kier alpha value is -2.03. The first-order chi connectivity index (χ1) is 8.84. The van der Waals surface area contributed by atoms with E-state index in [9.17, 15) is 0 Å². The molecule has 0 saturated carbocycles. The predicted molar refractivity (Wildman–Crippen MR) is 74.7 cm³/mol. The van der Waals surface area contributed by atoms with E-state index in [4.69, 9.17) is 5.73 Å². The molecule has 1 aromatic heterocycles. The number of nitrogens with two attached hydrogens (primary N) is 1. The maximum absolute atomic E-state index is 6.00. The van der Waals surface area contributed by atoms with Gasteiger partial charge in [-0.3, -0.25) is 4.98 Å². The average molecular weight is 239 g/mol. The lowest BCUT2D eigenvalue weighted by molar-refractivity contribution is 0.811. The van der Waals surface area contributed by atoms with Gasteiger partial charge in [-0.25, -0.2) is 0 Å². The van der Waals surface area contributed by atoms with Gasteiger partial charge in [0.1, 0.15) is 0 Å². The van der Waals surface area contributed by atoms with Crippen LogP contribution in [0.5, 0.6) is 0 Å². The van der Waals surface area contributed by atoms with E-state index in [1.165, 1.54) is 16.8 Å². The Balaban J connectivity index is 1.72. The molecule has 2 aromatic rings. The molecule has 18 heavy (non-hydrogen) atoms. The summed E-state index contributed by atoms with van der Waals surface area (Å²) in [4.78, 5) is 6.57. The van der Waals surface area contributed by atoms with Crippen molar-refractivity contribution >= 4 is 11.4 Å². The van der Waals surface area contributed by atoms with Crippen LogP contribution in [0.2, 0.25) is 0 Å². The van der Waals surface area contributed by atoms with Crippen LogP contribution < -0.4 is 10.6 Å². The number of hydrogen-bond donors (Lipinski definition) is 1. The molecule has 1 aliphatic heterocycles. The van der Waals surface area contributed by atoms with Gasteiger partial charge < -0.3 is 10.6 Å². The minimum Gasteiger partial charge on any atom is -0.398 e. The first kappa shape index (κ1) is 11.1. The van der Waals surface area contributed by atoms with Crippen molar-refractivity contribution in [3.05, 3.63) is 53.9 Å². The third-order valence-corrected chi connectivity index (χ3v) is 3.55. The van der Waals surface area contributed by atoms with Gasteiger partial charge in [-0.15, -0.1) is 0 Å². The van der Waals surface area contributed by atoms with Crippen molar-refractivity contribution in [3.63, 3.8) is 0 Å². The summed E-state index contributed by atoms with van der Waals surface area (Å²) in [6, 6.07) is 10.3. The Bertz CT molecular complexity index is 537. The van der Waals surface area contributed by atoms with E-state index in [1.807, 2.05) is 30.6 Å². The normalized spacial score (nSPS) is 13.7. The summed E-state index contributed by atoms with van der Waals surface area (Å²) in [6.45, 7) is 2.10. The van der Waals surface area contributed by atoms with Gasteiger partial charge in [0, 0.05) is 42.4 Å². The number of nitrogens with zero attached hydrogens (tertiary/aromatic N) is 2. The second-order valence-corrected chi connectivity index (χ2v) is 4.69. The molecule has 0 amide bonds. The van der Waals surface area contributed by atoms with Crippen molar-refractivity contribution in [3.8, 4) is 0 Å². The highest BCUT2D eigenvalue weighted by Gasteiger charge is 2.20. The summed E-state index contributed by atoms with van der Waals surface area (Å²) >= 11 is 0. The van der Waals surface area contributed by atoms with Crippen molar-refractivity contribution in [2.45, 2.75) is 12.8 Å². The number of pyridine rings is 1. The quantitative estimate of drug-likeness (QED) is 0.835. The Morgan fingerprint density at radius 2 is 2.17 bits per heavy atom. The number of aromatic nitrogens is 1. The van der Waals surface area contributed by atoms with Crippen LogP contribution in [0, 0.1) is 0 Å². The minimum absolute atomic E-state index is 0.927. The van der Waals surface area contributed by atoms with Crippen molar-refractivity contribution in [2.75, 3.05) is 23.7 Å². The van der Waals surface area contributed by atoms with E-state index in [0.717, 1.165) is 31.6 Å². The summed E-state index contributed by atoms with van der Waals surface area (Å²) < 4.78 is 0. The number of nitrogen functional groups attached to an aromatic ring is 1. The molecule has 0 aliphatic carbocycles. The molecule has 0 bridgehead atoms. The highest BCUT2D eigenvalue weighted by Crippen LogP contribution is 2.31. The highest BCUT2D eigenvalue weighted by molar-refractivity contribution is 5.68. The molecule has 0 spiro atoms. The van der Waals surface area contributed by atoms with Crippen LogP contribution in [0.15, 0.2) is 42.7 Å². The zero-order chi connectivity index (χ0) is 12.4. The van der Waals surface area contributed by atoms with Crippen molar-refractivity contribution in [1.29, 1.82) is 0 Å². The van der Waals surface area contributed by atoms with Crippen molar-refractivity contribution < 1.29 is 0 Å². The first-order valence-corrected chi connectivity index (χ1v) is 6.36. The lowest BCUT2D eigenvalue weighted by Crippen LogP contribution is -2.23. The molecule has 1 aliphatic rings. The van der Waals surface area contributed by atoms with Crippen LogP contribution in [0.25, 0.3) is 0 Å². The van der Waals surface area contributed by atoms with E-state index in [2.05, 4.69) is 22.0 Å². The second kappa shape index (κ2) is 4.69. The molecular weight excluding hydrogens is 222 g/mol. The Labute approximate surface area is 107 Å². The van der Waals surface area contributed by atoms with Crippen LogP contribution in [0.3, 0.4) is 0 Å². The molecule has 0 atom stereocenters. The molecule has 1 aromatic carbocycles. The van der Waals surface area contributed by atoms with Gasteiger partial charge in [-0.1, -0.05) is 12.1 Å². The van der Waals surface area contributed by atoms with Crippen LogP contribution in [0.4, 0.5) is 11.4 Å². The van der Waals surface area contributed by atoms with Gasteiger partial charge in [0.05, 0.1) is 0 Å². The number of benzene rings is 1. The topological polar surface area (TPSA) is 42.1 Å². The van der Waals surface area contributed by atoms with Gasteiger partial charge in [-0.2, -0.15) is 0 Å². The fourth-order valence-electron chi connectivity index (χ4n) is 2.57. The molecule has 2 N–H and O–H groups in total. The van der Waals surface area contributed by atoms with Gasteiger partial charge in [0.2, 0.25) is 0 Å². The lowest BCUT2D eigenvalue weighted by Gasteiger charge is -2.19.